The molecule has 1 heterocycles. The number of nitriles is 1. The average molecular weight is 293 g/mol. The normalized spacial score (nSPS) is 15.8. The van der Waals surface area contributed by atoms with Crippen LogP contribution in [0.2, 0.25) is 0 Å². The summed E-state index contributed by atoms with van der Waals surface area (Å²) in [6.45, 7) is 0.249. The molecule has 1 aliphatic rings. The molecule has 0 radical (unpaired) electrons. The summed E-state index contributed by atoms with van der Waals surface area (Å²) in [5.74, 6) is 1.49. The third-order valence-corrected chi connectivity index (χ3v) is 3.44. The molecule has 2 aromatic carbocycles. The Labute approximate surface area is 129 Å². The molecule has 0 spiro atoms. The molecule has 0 bridgehead atoms. The number of ether oxygens (including phenoxy) is 2. The first-order valence-corrected chi connectivity index (χ1v) is 6.87. The van der Waals surface area contributed by atoms with Crippen molar-refractivity contribution in [2.45, 2.75) is 6.17 Å². The minimum Gasteiger partial charge on any atom is -0.497 e. The molecular weight excluding hydrogens is 278 g/mol. The van der Waals surface area contributed by atoms with Crippen LogP contribution < -0.4 is 14.4 Å². The van der Waals surface area contributed by atoms with Crippen molar-refractivity contribution < 1.29 is 9.47 Å². The van der Waals surface area contributed by atoms with E-state index in [1.165, 1.54) is 0 Å². The summed E-state index contributed by atoms with van der Waals surface area (Å²) < 4.78 is 10.9. The van der Waals surface area contributed by atoms with E-state index in [4.69, 9.17) is 9.47 Å². The van der Waals surface area contributed by atoms with Gasteiger partial charge in [0.1, 0.15) is 17.6 Å². The van der Waals surface area contributed by atoms with Crippen molar-refractivity contribution in [2.75, 3.05) is 18.7 Å². The molecule has 1 aliphatic heterocycles. The fourth-order valence-corrected chi connectivity index (χ4v) is 2.28. The van der Waals surface area contributed by atoms with Crippen molar-refractivity contribution in [2.24, 2.45) is 4.99 Å². The lowest BCUT2D eigenvalue weighted by molar-refractivity contribution is 0.306. The molecular formula is C17H15N3O2. The van der Waals surface area contributed by atoms with E-state index in [1.807, 2.05) is 53.4 Å². The Morgan fingerprint density at radius 3 is 2.59 bits per heavy atom. The predicted octanol–water partition coefficient (Wildman–Crippen LogP) is 2.82. The summed E-state index contributed by atoms with van der Waals surface area (Å²) in [5, 5.41) is 9.28. The molecule has 110 valence electrons. The quantitative estimate of drug-likeness (QED) is 0.869. The van der Waals surface area contributed by atoms with Gasteiger partial charge in [-0.05, 0) is 30.3 Å². The maximum Gasteiger partial charge on any atom is 0.212 e. The number of methoxy groups -OCH3 is 1. The number of anilines is 1. The van der Waals surface area contributed by atoms with Gasteiger partial charge in [0, 0.05) is 11.8 Å². The Kier molecular flexibility index (Phi) is 3.92. The number of hydrogen-bond donors (Lipinski definition) is 0. The SMILES string of the molecule is COc1ccc(OCN2c3ccccc3C=NC2C#N)cc1. The zero-order valence-corrected chi connectivity index (χ0v) is 12.1. The average Bonchev–Trinajstić information content (AvgIpc) is 2.60. The van der Waals surface area contributed by atoms with E-state index < -0.39 is 6.17 Å². The van der Waals surface area contributed by atoms with E-state index in [2.05, 4.69) is 11.1 Å². The molecule has 3 rings (SSSR count). The van der Waals surface area contributed by atoms with Crippen LogP contribution in [-0.4, -0.2) is 26.2 Å². The number of fused-ring (bicyclic) bond motifs is 1. The van der Waals surface area contributed by atoms with E-state index in [-0.39, 0.29) is 6.73 Å². The van der Waals surface area contributed by atoms with Gasteiger partial charge in [-0.1, -0.05) is 18.2 Å². The van der Waals surface area contributed by atoms with Gasteiger partial charge in [-0.2, -0.15) is 5.26 Å². The van der Waals surface area contributed by atoms with E-state index in [0.29, 0.717) is 5.75 Å². The monoisotopic (exact) mass is 293 g/mol. The topological polar surface area (TPSA) is 57.9 Å². The molecule has 1 atom stereocenters. The molecule has 0 aliphatic carbocycles. The van der Waals surface area contributed by atoms with Gasteiger partial charge in [-0.25, -0.2) is 0 Å². The maximum atomic E-state index is 9.28. The van der Waals surface area contributed by atoms with Gasteiger partial charge < -0.3 is 14.4 Å². The van der Waals surface area contributed by atoms with Gasteiger partial charge in [0.05, 0.1) is 12.8 Å². The molecule has 22 heavy (non-hydrogen) atoms. The number of rotatable bonds is 4. The van der Waals surface area contributed by atoms with Crippen LogP contribution in [0.1, 0.15) is 5.56 Å². The fourth-order valence-electron chi connectivity index (χ4n) is 2.28. The maximum absolute atomic E-state index is 9.28. The predicted molar refractivity (Wildman–Crippen MR) is 84.4 cm³/mol. The fraction of sp³-hybridized carbons (Fsp3) is 0.176. The van der Waals surface area contributed by atoms with Gasteiger partial charge in [-0.15, -0.1) is 0 Å². The van der Waals surface area contributed by atoms with Crippen LogP contribution in [-0.2, 0) is 0 Å². The minimum absolute atomic E-state index is 0.249. The molecule has 0 saturated carbocycles. The van der Waals surface area contributed by atoms with E-state index in [9.17, 15) is 5.26 Å². The number of hydrogen-bond acceptors (Lipinski definition) is 5. The Hall–Kier alpha value is -3.00. The summed E-state index contributed by atoms with van der Waals surface area (Å²) in [7, 11) is 1.62. The summed E-state index contributed by atoms with van der Waals surface area (Å²) in [4.78, 5) is 6.08. The standard InChI is InChI=1S/C17H15N3O2/c1-21-14-6-8-15(9-7-14)22-12-20-16-5-3-2-4-13(16)11-19-17(20)10-18/h2-9,11,17H,12H2,1H3. The Morgan fingerprint density at radius 1 is 1.14 bits per heavy atom. The summed E-state index contributed by atoms with van der Waals surface area (Å²) in [6.07, 6.45) is 1.15. The van der Waals surface area contributed by atoms with Crippen LogP contribution in [0, 0.1) is 11.3 Å². The van der Waals surface area contributed by atoms with Gasteiger partial charge in [0.25, 0.3) is 0 Å². The van der Waals surface area contributed by atoms with Crippen LogP contribution in [0.3, 0.4) is 0 Å². The highest BCUT2D eigenvalue weighted by Crippen LogP contribution is 2.26. The largest absolute Gasteiger partial charge is 0.497 e. The molecule has 0 fully saturated rings. The minimum atomic E-state index is -0.576. The second-order valence-electron chi connectivity index (χ2n) is 4.76. The first kappa shape index (κ1) is 14.0. The number of nitrogens with zero attached hydrogens (tertiary/aromatic N) is 3. The first-order chi connectivity index (χ1) is 10.8. The summed E-state index contributed by atoms with van der Waals surface area (Å²) in [6, 6.07) is 17.3. The van der Waals surface area contributed by atoms with Crippen LogP contribution in [0.5, 0.6) is 11.5 Å². The smallest absolute Gasteiger partial charge is 0.212 e. The Balaban J connectivity index is 1.77. The molecule has 1 unspecified atom stereocenters. The lowest BCUT2D eigenvalue weighted by atomic mass is 10.1. The number of para-hydroxylation sites is 1. The van der Waals surface area contributed by atoms with Crippen molar-refractivity contribution >= 4 is 11.9 Å². The van der Waals surface area contributed by atoms with Crippen LogP contribution in [0.15, 0.2) is 53.5 Å². The van der Waals surface area contributed by atoms with Crippen molar-refractivity contribution in [3.63, 3.8) is 0 Å². The second kappa shape index (κ2) is 6.19. The lowest BCUT2D eigenvalue weighted by Crippen LogP contribution is -2.39. The molecule has 2 aromatic rings. The third-order valence-electron chi connectivity index (χ3n) is 3.44. The van der Waals surface area contributed by atoms with E-state index in [1.54, 1.807) is 13.3 Å². The van der Waals surface area contributed by atoms with Crippen molar-refractivity contribution in [3.05, 3.63) is 54.1 Å². The zero-order chi connectivity index (χ0) is 15.4. The summed E-state index contributed by atoms with van der Waals surface area (Å²) >= 11 is 0. The molecule has 0 amide bonds. The van der Waals surface area contributed by atoms with Crippen molar-refractivity contribution in [3.8, 4) is 17.6 Å². The highest BCUT2D eigenvalue weighted by atomic mass is 16.5. The highest BCUT2D eigenvalue weighted by Gasteiger charge is 2.23. The van der Waals surface area contributed by atoms with E-state index in [0.717, 1.165) is 17.0 Å². The Morgan fingerprint density at radius 2 is 1.86 bits per heavy atom. The van der Waals surface area contributed by atoms with Crippen LogP contribution in [0.25, 0.3) is 0 Å². The van der Waals surface area contributed by atoms with Gasteiger partial charge in [0.2, 0.25) is 6.17 Å². The van der Waals surface area contributed by atoms with Gasteiger partial charge in [0.15, 0.2) is 6.73 Å². The molecule has 0 aromatic heterocycles. The van der Waals surface area contributed by atoms with Crippen LogP contribution >= 0.6 is 0 Å². The first-order valence-electron chi connectivity index (χ1n) is 6.87. The third kappa shape index (κ3) is 2.72. The van der Waals surface area contributed by atoms with Crippen molar-refractivity contribution in [1.82, 2.24) is 0 Å². The highest BCUT2D eigenvalue weighted by molar-refractivity contribution is 5.90. The van der Waals surface area contributed by atoms with Crippen molar-refractivity contribution in [1.29, 1.82) is 5.26 Å². The second-order valence-corrected chi connectivity index (χ2v) is 4.76. The zero-order valence-electron chi connectivity index (χ0n) is 12.1. The molecule has 5 heteroatoms. The van der Waals surface area contributed by atoms with Gasteiger partial charge in [-0.3, -0.25) is 4.99 Å². The van der Waals surface area contributed by atoms with E-state index >= 15 is 0 Å². The Bertz CT molecular complexity index is 719. The number of aliphatic imine (C=N–C) groups is 1. The number of benzene rings is 2. The summed E-state index contributed by atoms with van der Waals surface area (Å²) in [5.41, 5.74) is 1.92. The molecule has 0 N–H and O–H groups in total. The van der Waals surface area contributed by atoms with Crippen LogP contribution in [0.4, 0.5) is 5.69 Å². The lowest BCUT2D eigenvalue weighted by Gasteiger charge is -2.30. The molecule has 5 nitrogen and oxygen atoms in total. The molecule has 0 saturated heterocycles. The van der Waals surface area contributed by atoms with Gasteiger partial charge >= 0.3 is 0 Å².